The van der Waals surface area contributed by atoms with Crippen LogP contribution in [-0.4, -0.2) is 11.7 Å². The van der Waals surface area contributed by atoms with Crippen molar-refractivity contribution in [3.05, 3.63) is 60.7 Å². The smallest absolute Gasteiger partial charge is 0.273 e. The van der Waals surface area contributed by atoms with Crippen LogP contribution in [0.25, 0.3) is 0 Å². The van der Waals surface area contributed by atoms with Crippen LogP contribution in [0, 0.1) is 0 Å². The molecule has 0 aliphatic carbocycles. The molecule has 0 bridgehead atoms. The quantitative estimate of drug-likeness (QED) is 0.929. The topological polar surface area (TPSA) is 35.6 Å². The lowest BCUT2D eigenvalue weighted by Gasteiger charge is -2.32. The van der Waals surface area contributed by atoms with Gasteiger partial charge in [0.2, 0.25) is 0 Å². The molecule has 2 amide bonds. The standard InChI is InChI=1S/C17H19N3O/c1-3-17(2)18-20(15-12-8-5-9-13-15)16(21)19(17)14-10-6-4-7-11-14/h4-13,18H,3H2,1-2H3. The number of hydrogen-bond donors (Lipinski definition) is 1. The number of nitrogens with zero attached hydrogens (tertiary/aromatic N) is 2. The van der Waals surface area contributed by atoms with E-state index in [9.17, 15) is 4.79 Å². The van der Waals surface area contributed by atoms with Crippen molar-refractivity contribution in [2.24, 2.45) is 0 Å². The zero-order valence-corrected chi connectivity index (χ0v) is 12.3. The van der Waals surface area contributed by atoms with Gasteiger partial charge in [-0.05, 0) is 37.6 Å². The first kappa shape index (κ1) is 13.6. The molecule has 1 aliphatic rings. The largest absolute Gasteiger partial charge is 0.345 e. The molecule has 0 radical (unpaired) electrons. The minimum absolute atomic E-state index is 0.0586. The number of benzene rings is 2. The van der Waals surface area contributed by atoms with Crippen LogP contribution >= 0.6 is 0 Å². The lowest BCUT2D eigenvalue weighted by atomic mass is 10.1. The Hall–Kier alpha value is -2.33. The molecule has 108 valence electrons. The Morgan fingerprint density at radius 2 is 1.48 bits per heavy atom. The summed E-state index contributed by atoms with van der Waals surface area (Å²) in [6.07, 6.45) is 0.803. The molecular weight excluding hydrogens is 262 g/mol. The van der Waals surface area contributed by atoms with Gasteiger partial charge >= 0.3 is 6.03 Å². The average Bonchev–Trinajstić information content (AvgIpc) is 2.81. The van der Waals surface area contributed by atoms with E-state index in [4.69, 9.17) is 0 Å². The summed E-state index contributed by atoms with van der Waals surface area (Å²) >= 11 is 0. The molecule has 0 spiro atoms. The second kappa shape index (κ2) is 5.22. The maximum atomic E-state index is 12.9. The second-order valence-electron chi connectivity index (χ2n) is 5.36. The third kappa shape index (κ3) is 2.28. The lowest BCUT2D eigenvalue weighted by molar-refractivity contribution is 0.254. The van der Waals surface area contributed by atoms with Crippen LogP contribution in [0.15, 0.2) is 60.7 Å². The van der Waals surface area contributed by atoms with E-state index in [2.05, 4.69) is 12.3 Å². The summed E-state index contributed by atoms with van der Waals surface area (Å²) < 4.78 is 0. The van der Waals surface area contributed by atoms with Crippen LogP contribution in [0.2, 0.25) is 0 Å². The van der Waals surface area contributed by atoms with Gasteiger partial charge in [0.15, 0.2) is 0 Å². The first-order valence-corrected chi connectivity index (χ1v) is 7.18. The van der Waals surface area contributed by atoms with Gasteiger partial charge in [-0.25, -0.2) is 15.2 Å². The molecule has 21 heavy (non-hydrogen) atoms. The van der Waals surface area contributed by atoms with Gasteiger partial charge < -0.3 is 0 Å². The number of para-hydroxylation sites is 2. The molecule has 1 fully saturated rings. The minimum Gasteiger partial charge on any atom is -0.273 e. The summed E-state index contributed by atoms with van der Waals surface area (Å²) in [5.74, 6) is 0. The first-order valence-electron chi connectivity index (χ1n) is 7.18. The maximum Gasteiger partial charge on any atom is 0.345 e. The Morgan fingerprint density at radius 1 is 0.952 bits per heavy atom. The zero-order chi connectivity index (χ0) is 14.9. The monoisotopic (exact) mass is 281 g/mol. The molecule has 1 unspecified atom stereocenters. The summed E-state index contributed by atoms with van der Waals surface area (Å²) in [4.78, 5) is 14.7. The van der Waals surface area contributed by atoms with E-state index >= 15 is 0 Å². The van der Waals surface area contributed by atoms with Crippen molar-refractivity contribution < 1.29 is 4.79 Å². The van der Waals surface area contributed by atoms with Crippen LogP contribution in [0.5, 0.6) is 0 Å². The Morgan fingerprint density at radius 3 is 2.00 bits per heavy atom. The van der Waals surface area contributed by atoms with Crippen molar-refractivity contribution in [2.75, 3.05) is 9.91 Å². The fourth-order valence-electron chi connectivity index (χ4n) is 2.61. The molecule has 2 aromatic carbocycles. The van der Waals surface area contributed by atoms with E-state index in [0.29, 0.717) is 0 Å². The Bertz CT molecular complexity index is 629. The molecule has 0 aromatic heterocycles. The summed E-state index contributed by atoms with van der Waals surface area (Å²) in [5, 5.41) is 1.62. The number of rotatable bonds is 3. The lowest BCUT2D eigenvalue weighted by Crippen LogP contribution is -2.50. The third-order valence-electron chi connectivity index (χ3n) is 3.95. The number of carbonyl (C=O) groups excluding carboxylic acids is 1. The molecule has 0 saturated carbocycles. The van der Waals surface area contributed by atoms with E-state index in [1.54, 1.807) is 5.01 Å². The van der Waals surface area contributed by atoms with Crippen molar-refractivity contribution >= 4 is 17.4 Å². The Balaban J connectivity index is 2.02. The molecule has 1 heterocycles. The highest BCUT2D eigenvalue weighted by Gasteiger charge is 2.46. The number of hydrazine groups is 1. The number of carbonyl (C=O) groups is 1. The average molecular weight is 281 g/mol. The van der Waals surface area contributed by atoms with E-state index in [1.165, 1.54) is 0 Å². The fourth-order valence-corrected chi connectivity index (χ4v) is 2.61. The maximum absolute atomic E-state index is 12.9. The Kier molecular flexibility index (Phi) is 3.39. The minimum atomic E-state index is -0.436. The number of nitrogens with one attached hydrogen (secondary N) is 1. The normalized spacial score (nSPS) is 21.9. The van der Waals surface area contributed by atoms with Crippen molar-refractivity contribution in [3.8, 4) is 0 Å². The second-order valence-corrected chi connectivity index (χ2v) is 5.36. The van der Waals surface area contributed by atoms with Gasteiger partial charge in [0.25, 0.3) is 0 Å². The van der Waals surface area contributed by atoms with E-state index in [1.807, 2.05) is 72.5 Å². The highest BCUT2D eigenvalue weighted by Crippen LogP contribution is 2.33. The van der Waals surface area contributed by atoms with Crippen molar-refractivity contribution in [1.82, 2.24) is 5.43 Å². The number of urea groups is 1. The molecule has 4 nitrogen and oxygen atoms in total. The van der Waals surface area contributed by atoms with Crippen LogP contribution in [0.4, 0.5) is 16.2 Å². The Labute approximate surface area is 125 Å². The molecule has 1 N–H and O–H groups in total. The zero-order valence-electron chi connectivity index (χ0n) is 12.3. The molecule has 4 heteroatoms. The van der Waals surface area contributed by atoms with Crippen molar-refractivity contribution in [2.45, 2.75) is 25.9 Å². The van der Waals surface area contributed by atoms with Gasteiger partial charge in [-0.2, -0.15) is 0 Å². The fraction of sp³-hybridized carbons (Fsp3) is 0.235. The predicted octanol–water partition coefficient (Wildman–Crippen LogP) is 3.76. The van der Waals surface area contributed by atoms with Gasteiger partial charge in [-0.1, -0.05) is 43.3 Å². The molecule has 3 rings (SSSR count). The van der Waals surface area contributed by atoms with Crippen molar-refractivity contribution in [3.63, 3.8) is 0 Å². The van der Waals surface area contributed by atoms with Crippen LogP contribution in [0.3, 0.4) is 0 Å². The van der Waals surface area contributed by atoms with E-state index in [-0.39, 0.29) is 6.03 Å². The van der Waals surface area contributed by atoms with E-state index in [0.717, 1.165) is 17.8 Å². The molecular formula is C17H19N3O. The summed E-state index contributed by atoms with van der Waals surface area (Å²) in [7, 11) is 0. The summed E-state index contributed by atoms with van der Waals surface area (Å²) in [5.41, 5.74) is 4.65. The summed E-state index contributed by atoms with van der Waals surface area (Å²) in [6.45, 7) is 4.12. The highest BCUT2D eigenvalue weighted by atomic mass is 16.2. The third-order valence-corrected chi connectivity index (χ3v) is 3.95. The number of hydrogen-bond acceptors (Lipinski definition) is 2. The van der Waals surface area contributed by atoms with Crippen LogP contribution < -0.4 is 15.3 Å². The van der Waals surface area contributed by atoms with Crippen molar-refractivity contribution in [1.29, 1.82) is 0 Å². The van der Waals surface area contributed by atoms with Crippen LogP contribution in [0.1, 0.15) is 20.3 Å². The number of amides is 2. The number of anilines is 2. The van der Waals surface area contributed by atoms with Gasteiger partial charge in [0.1, 0.15) is 5.66 Å². The highest BCUT2D eigenvalue weighted by molar-refractivity contribution is 6.06. The van der Waals surface area contributed by atoms with Gasteiger partial charge in [0.05, 0.1) is 5.69 Å². The predicted molar refractivity (Wildman–Crippen MR) is 85.1 cm³/mol. The van der Waals surface area contributed by atoms with Gasteiger partial charge in [-0.15, -0.1) is 0 Å². The van der Waals surface area contributed by atoms with Gasteiger partial charge in [0, 0.05) is 5.69 Å². The van der Waals surface area contributed by atoms with Crippen LogP contribution in [-0.2, 0) is 0 Å². The first-order chi connectivity index (χ1) is 10.2. The molecule has 2 aromatic rings. The van der Waals surface area contributed by atoms with Gasteiger partial charge in [-0.3, -0.25) is 4.90 Å². The SMILES string of the molecule is CCC1(C)NN(c2ccccc2)C(=O)N1c1ccccc1. The molecule has 1 atom stereocenters. The molecule has 1 aliphatic heterocycles. The summed E-state index contributed by atoms with van der Waals surface area (Å²) in [6, 6.07) is 19.4. The van der Waals surface area contributed by atoms with E-state index < -0.39 is 5.66 Å². The molecule has 1 saturated heterocycles.